The molecule has 1 amide bonds. The van der Waals surface area contributed by atoms with E-state index >= 15 is 0 Å². The highest BCUT2D eigenvalue weighted by atomic mass is 16.2. The third-order valence-corrected chi connectivity index (χ3v) is 2.72. The SMILES string of the molecule is CN(CC(C)(C)C)C(=O)c1n[nH]c(C2CC2)n1. The van der Waals surface area contributed by atoms with E-state index < -0.39 is 0 Å². The zero-order chi connectivity index (χ0) is 12.6. The highest BCUT2D eigenvalue weighted by molar-refractivity contribution is 5.90. The molecule has 0 atom stereocenters. The predicted octanol–water partition coefficient (Wildman–Crippen LogP) is 1.80. The zero-order valence-corrected chi connectivity index (χ0v) is 10.9. The fraction of sp³-hybridized carbons (Fsp3) is 0.750. The van der Waals surface area contributed by atoms with Gasteiger partial charge in [-0.25, -0.2) is 4.98 Å². The molecule has 0 saturated heterocycles. The molecule has 0 unspecified atom stereocenters. The molecule has 94 valence electrons. The fourth-order valence-corrected chi connectivity index (χ4v) is 1.86. The Balaban J connectivity index is 2.02. The summed E-state index contributed by atoms with van der Waals surface area (Å²) < 4.78 is 0. The van der Waals surface area contributed by atoms with Crippen LogP contribution in [0.1, 0.15) is 56.0 Å². The van der Waals surface area contributed by atoms with Gasteiger partial charge in [-0.05, 0) is 18.3 Å². The maximum Gasteiger partial charge on any atom is 0.293 e. The van der Waals surface area contributed by atoms with Gasteiger partial charge in [-0.2, -0.15) is 0 Å². The van der Waals surface area contributed by atoms with Crippen molar-refractivity contribution in [2.24, 2.45) is 5.41 Å². The van der Waals surface area contributed by atoms with Crippen molar-refractivity contribution in [3.05, 3.63) is 11.6 Å². The van der Waals surface area contributed by atoms with Gasteiger partial charge in [0.15, 0.2) is 0 Å². The minimum Gasteiger partial charge on any atom is -0.338 e. The normalized spacial score (nSPS) is 16.0. The molecular formula is C12H20N4O. The molecule has 1 aromatic rings. The van der Waals surface area contributed by atoms with Crippen molar-refractivity contribution in [2.45, 2.75) is 39.5 Å². The van der Waals surface area contributed by atoms with E-state index in [4.69, 9.17) is 0 Å². The van der Waals surface area contributed by atoms with Crippen molar-refractivity contribution in [2.75, 3.05) is 13.6 Å². The van der Waals surface area contributed by atoms with Crippen molar-refractivity contribution >= 4 is 5.91 Å². The number of nitrogens with one attached hydrogen (secondary N) is 1. The molecular weight excluding hydrogens is 216 g/mol. The van der Waals surface area contributed by atoms with E-state index in [2.05, 4.69) is 36.0 Å². The van der Waals surface area contributed by atoms with Gasteiger partial charge in [0.05, 0.1) is 0 Å². The van der Waals surface area contributed by atoms with Gasteiger partial charge >= 0.3 is 0 Å². The molecule has 1 fully saturated rings. The third-order valence-electron chi connectivity index (χ3n) is 2.72. The number of hydrogen-bond donors (Lipinski definition) is 1. The molecule has 0 aromatic carbocycles. The topological polar surface area (TPSA) is 61.9 Å². The van der Waals surface area contributed by atoms with Gasteiger partial charge in [0.2, 0.25) is 5.82 Å². The number of carbonyl (C=O) groups is 1. The number of H-pyrrole nitrogens is 1. The first-order chi connectivity index (χ1) is 7.87. The molecule has 1 saturated carbocycles. The average molecular weight is 236 g/mol. The summed E-state index contributed by atoms with van der Waals surface area (Å²) >= 11 is 0. The van der Waals surface area contributed by atoms with E-state index in [9.17, 15) is 4.79 Å². The van der Waals surface area contributed by atoms with Crippen LogP contribution in [0.5, 0.6) is 0 Å². The summed E-state index contributed by atoms with van der Waals surface area (Å²) in [6, 6.07) is 0. The molecule has 2 rings (SSSR count). The standard InChI is InChI=1S/C12H20N4O/c1-12(2,3)7-16(4)11(17)10-13-9(14-15-10)8-5-6-8/h8H,5-7H2,1-4H3,(H,13,14,15). The molecule has 1 aliphatic rings. The fourth-order valence-electron chi connectivity index (χ4n) is 1.86. The number of aromatic amines is 1. The van der Waals surface area contributed by atoms with Crippen LogP contribution in [0.3, 0.4) is 0 Å². The second kappa shape index (κ2) is 4.13. The van der Waals surface area contributed by atoms with Crippen molar-refractivity contribution in [3.8, 4) is 0 Å². The number of nitrogens with zero attached hydrogens (tertiary/aromatic N) is 3. The highest BCUT2D eigenvalue weighted by Gasteiger charge is 2.29. The minimum absolute atomic E-state index is 0.0834. The Bertz CT molecular complexity index is 414. The van der Waals surface area contributed by atoms with E-state index in [1.807, 2.05) is 0 Å². The number of rotatable bonds is 3. The monoisotopic (exact) mass is 236 g/mol. The summed E-state index contributed by atoms with van der Waals surface area (Å²) in [6.45, 7) is 7.00. The van der Waals surface area contributed by atoms with E-state index in [1.54, 1.807) is 11.9 Å². The lowest BCUT2D eigenvalue weighted by molar-refractivity contribution is 0.0734. The lowest BCUT2D eigenvalue weighted by Gasteiger charge is -2.25. The number of hydrogen-bond acceptors (Lipinski definition) is 3. The quantitative estimate of drug-likeness (QED) is 0.870. The van der Waals surface area contributed by atoms with Crippen molar-refractivity contribution < 1.29 is 4.79 Å². The van der Waals surface area contributed by atoms with Crippen molar-refractivity contribution in [1.82, 2.24) is 20.1 Å². The summed E-state index contributed by atoms with van der Waals surface area (Å²) in [7, 11) is 1.79. The van der Waals surface area contributed by atoms with Crippen LogP contribution >= 0.6 is 0 Å². The zero-order valence-electron chi connectivity index (χ0n) is 10.9. The van der Waals surface area contributed by atoms with Gasteiger partial charge in [0.25, 0.3) is 5.91 Å². The summed E-state index contributed by atoms with van der Waals surface area (Å²) in [5, 5.41) is 6.86. The Morgan fingerprint density at radius 2 is 2.12 bits per heavy atom. The van der Waals surface area contributed by atoms with Gasteiger partial charge < -0.3 is 4.90 Å². The summed E-state index contributed by atoms with van der Waals surface area (Å²) in [4.78, 5) is 18.0. The maximum absolute atomic E-state index is 12.1. The molecule has 1 N–H and O–H groups in total. The Morgan fingerprint density at radius 3 is 2.65 bits per heavy atom. The highest BCUT2D eigenvalue weighted by Crippen LogP contribution is 2.37. The summed E-state index contributed by atoms with van der Waals surface area (Å²) in [5.41, 5.74) is 0.0834. The van der Waals surface area contributed by atoms with Gasteiger partial charge in [0.1, 0.15) is 5.82 Å². The van der Waals surface area contributed by atoms with Gasteiger partial charge in [-0.15, -0.1) is 5.10 Å². The van der Waals surface area contributed by atoms with Crippen molar-refractivity contribution in [1.29, 1.82) is 0 Å². The molecule has 0 aliphatic heterocycles. The lowest BCUT2D eigenvalue weighted by atomic mass is 9.96. The van der Waals surface area contributed by atoms with E-state index in [1.165, 1.54) is 0 Å². The average Bonchev–Trinajstić information content (AvgIpc) is 2.93. The molecule has 17 heavy (non-hydrogen) atoms. The Labute approximate surface area is 102 Å². The van der Waals surface area contributed by atoms with E-state index in [0.717, 1.165) is 18.7 Å². The number of aromatic nitrogens is 3. The van der Waals surface area contributed by atoms with Crippen LogP contribution in [-0.2, 0) is 0 Å². The van der Waals surface area contributed by atoms with Crippen LogP contribution in [0.15, 0.2) is 0 Å². The molecule has 0 spiro atoms. The molecule has 0 radical (unpaired) electrons. The lowest BCUT2D eigenvalue weighted by Crippen LogP contribution is -2.35. The van der Waals surface area contributed by atoms with Gasteiger partial charge in [-0.3, -0.25) is 9.89 Å². The molecule has 5 nitrogen and oxygen atoms in total. The van der Waals surface area contributed by atoms with Crippen LogP contribution in [0, 0.1) is 5.41 Å². The second-order valence-electron chi connectivity index (χ2n) is 6.04. The van der Waals surface area contributed by atoms with Crippen LogP contribution in [0.4, 0.5) is 0 Å². The predicted molar refractivity (Wildman–Crippen MR) is 64.8 cm³/mol. The van der Waals surface area contributed by atoms with Gasteiger partial charge in [0, 0.05) is 19.5 Å². The first kappa shape index (κ1) is 12.1. The van der Waals surface area contributed by atoms with Crippen LogP contribution in [0.25, 0.3) is 0 Å². The number of amides is 1. The molecule has 5 heteroatoms. The molecule has 0 bridgehead atoms. The molecule has 1 aliphatic carbocycles. The molecule has 1 heterocycles. The largest absolute Gasteiger partial charge is 0.338 e. The van der Waals surface area contributed by atoms with Gasteiger partial charge in [-0.1, -0.05) is 20.8 Å². The Hall–Kier alpha value is -1.39. The summed E-state index contributed by atoms with van der Waals surface area (Å²) in [6.07, 6.45) is 2.31. The Morgan fingerprint density at radius 1 is 1.47 bits per heavy atom. The van der Waals surface area contributed by atoms with Crippen LogP contribution < -0.4 is 0 Å². The molecule has 1 aromatic heterocycles. The first-order valence-electron chi connectivity index (χ1n) is 6.04. The van der Waals surface area contributed by atoms with E-state index in [-0.39, 0.29) is 11.3 Å². The second-order valence-corrected chi connectivity index (χ2v) is 6.04. The smallest absolute Gasteiger partial charge is 0.293 e. The summed E-state index contributed by atoms with van der Waals surface area (Å²) in [5.74, 6) is 1.54. The van der Waals surface area contributed by atoms with E-state index in [0.29, 0.717) is 18.3 Å². The van der Waals surface area contributed by atoms with Crippen molar-refractivity contribution in [3.63, 3.8) is 0 Å². The Kier molecular flexibility index (Phi) is 2.93. The van der Waals surface area contributed by atoms with Crippen LogP contribution in [-0.4, -0.2) is 39.6 Å². The number of carbonyl (C=O) groups excluding carboxylic acids is 1. The first-order valence-corrected chi connectivity index (χ1v) is 6.04. The third kappa shape index (κ3) is 3.05. The minimum atomic E-state index is -0.108. The maximum atomic E-state index is 12.1. The van der Waals surface area contributed by atoms with Crippen LogP contribution in [0.2, 0.25) is 0 Å².